The van der Waals surface area contributed by atoms with Gasteiger partial charge < -0.3 is 9.47 Å². The van der Waals surface area contributed by atoms with Crippen LogP contribution >= 0.6 is 0 Å². The summed E-state index contributed by atoms with van der Waals surface area (Å²) in [7, 11) is 1.52. The highest BCUT2D eigenvalue weighted by atomic mass is 19.1. The van der Waals surface area contributed by atoms with E-state index in [1.54, 1.807) is 12.1 Å². The number of ether oxygens (including phenoxy) is 2. The van der Waals surface area contributed by atoms with Gasteiger partial charge in [0.1, 0.15) is 17.2 Å². The van der Waals surface area contributed by atoms with Crippen LogP contribution in [0.1, 0.15) is 45.6 Å². The molecule has 0 N–H and O–H groups in total. The molecule has 2 aliphatic heterocycles. The molecule has 1 saturated heterocycles. The lowest BCUT2D eigenvalue weighted by atomic mass is 9.94. The van der Waals surface area contributed by atoms with Crippen LogP contribution < -0.4 is 4.74 Å². The fraction of sp³-hybridized carbons (Fsp3) is 0.526. The van der Waals surface area contributed by atoms with Crippen molar-refractivity contribution in [1.82, 2.24) is 4.90 Å². The summed E-state index contributed by atoms with van der Waals surface area (Å²) in [6, 6.07) is 4.98. The predicted molar refractivity (Wildman–Crippen MR) is 90.4 cm³/mol. The maximum Gasteiger partial charge on any atom is 0.411 e. The number of carbonyl (C=O) groups is 1. The lowest BCUT2D eigenvalue weighted by Crippen LogP contribution is -2.45. The molecule has 1 aromatic carbocycles. The first kappa shape index (κ1) is 16.8. The third kappa shape index (κ3) is 3.25. The fourth-order valence-electron chi connectivity index (χ4n) is 3.51. The van der Waals surface area contributed by atoms with Crippen molar-refractivity contribution in [3.63, 3.8) is 0 Å². The third-order valence-corrected chi connectivity index (χ3v) is 4.52. The van der Waals surface area contributed by atoms with Gasteiger partial charge >= 0.3 is 6.09 Å². The van der Waals surface area contributed by atoms with Gasteiger partial charge in [0.05, 0.1) is 13.2 Å². The highest BCUT2D eigenvalue weighted by molar-refractivity contribution is 5.75. The summed E-state index contributed by atoms with van der Waals surface area (Å²) >= 11 is 0. The number of benzene rings is 1. The van der Waals surface area contributed by atoms with E-state index in [0.717, 1.165) is 18.4 Å². The minimum Gasteiger partial charge on any atom is -0.497 e. The number of rotatable bonds is 2. The molecular formula is C19H24FNO3. The topological polar surface area (TPSA) is 38.8 Å². The van der Waals surface area contributed by atoms with E-state index in [2.05, 4.69) is 0 Å². The number of amides is 1. The van der Waals surface area contributed by atoms with Crippen LogP contribution in [0.25, 0.3) is 5.57 Å². The Kier molecular flexibility index (Phi) is 4.28. The van der Waals surface area contributed by atoms with Gasteiger partial charge in [0.25, 0.3) is 0 Å². The van der Waals surface area contributed by atoms with Crippen molar-refractivity contribution in [2.45, 2.75) is 57.7 Å². The normalized spacial score (nSPS) is 23.0. The van der Waals surface area contributed by atoms with E-state index in [1.165, 1.54) is 13.2 Å². The van der Waals surface area contributed by atoms with Crippen LogP contribution in [0.4, 0.5) is 9.18 Å². The summed E-state index contributed by atoms with van der Waals surface area (Å²) in [6.45, 7) is 5.60. The Labute approximate surface area is 142 Å². The average molecular weight is 333 g/mol. The summed E-state index contributed by atoms with van der Waals surface area (Å²) in [4.78, 5) is 14.3. The maximum absolute atomic E-state index is 14.3. The van der Waals surface area contributed by atoms with Gasteiger partial charge in [-0.1, -0.05) is 6.08 Å². The smallest absolute Gasteiger partial charge is 0.411 e. The van der Waals surface area contributed by atoms with Gasteiger partial charge in [0, 0.05) is 17.7 Å². The van der Waals surface area contributed by atoms with Crippen molar-refractivity contribution in [2.75, 3.05) is 7.11 Å². The number of methoxy groups -OCH3 is 1. The Morgan fingerprint density at radius 3 is 2.62 bits per heavy atom. The molecule has 2 aliphatic rings. The van der Waals surface area contributed by atoms with Gasteiger partial charge in [-0.25, -0.2) is 9.18 Å². The molecule has 0 radical (unpaired) electrons. The quantitative estimate of drug-likeness (QED) is 0.806. The van der Waals surface area contributed by atoms with Gasteiger partial charge in [-0.2, -0.15) is 0 Å². The second kappa shape index (κ2) is 6.11. The Morgan fingerprint density at radius 1 is 1.29 bits per heavy atom. The zero-order valence-corrected chi connectivity index (χ0v) is 14.6. The van der Waals surface area contributed by atoms with Gasteiger partial charge in [0.15, 0.2) is 0 Å². The minimum atomic E-state index is -0.511. The van der Waals surface area contributed by atoms with E-state index in [4.69, 9.17) is 9.47 Å². The lowest BCUT2D eigenvalue weighted by molar-refractivity contribution is 0.0175. The van der Waals surface area contributed by atoms with Crippen molar-refractivity contribution in [1.29, 1.82) is 0 Å². The molecule has 24 heavy (non-hydrogen) atoms. The zero-order chi connectivity index (χ0) is 17.5. The number of hydrogen-bond donors (Lipinski definition) is 0. The number of halogens is 1. The Morgan fingerprint density at radius 2 is 2.04 bits per heavy atom. The van der Waals surface area contributed by atoms with E-state index < -0.39 is 5.60 Å². The molecule has 2 atom stereocenters. The first-order valence-corrected chi connectivity index (χ1v) is 8.34. The highest BCUT2D eigenvalue weighted by Gasteiger charge is 2.41. The van der Waals surface area contributed by atoms with Gasteiger partial charge in [-0.05, 0) is 57.7 Å². The molecular weight excluding hydrogens is 309 g/mol. The molecule has 1 amide bonds. The van der Waals surface area contributed by atoms with Crippen LogP contribution in [0.5, 0.6) is 5.75 Å². The third-order valence-electron chi connectivity index (χ3n) is 4.52. The van der Waals surface area contributed by atoms with Crippen molar-refractivity contribution >= 4 is 11.7 Å². The Hall–Kier alpha value is -2.04. The first-order valence-electron chi connectivity index (χ1n) is 8.34. The standard InChI is InChI=1S/C19H24FNO3/c1-19(2,3)24-18(22)21-13-5-6-14(21)10-12(9-13)16-8-7-15(23-4)11-17(16)20/h7-9,11,13-14H,5-6,10H2,1-4H3. The summed E-state index contributed by atoms with van der Waals surface area (Å²) in [5, 5.41) is 0. The minimum absolute atomic E-state index is 0.0184. The summed E-state index contributed by atoms with van der Waals surface area (Å²) in [5.41, 5.74) is 1.04. The first-order chi connectivity index (χ1) is 11.3. The van der Waals surface area contributed by atoms with Crippen molar-refractivity contribution in [2.24, 2.45) is 0 Å². The number of fused-ring (bicyclic) bond motifs is 2. The van der Waals surface area contributed by atoms with Crippen LogP contribution in [-0.2, 0) is 4.74 Å². The second-order valence-electron chi connectivity index (χ2n) is 7.43. The highest BCUT2D eigenvalue weighted by Crippen LogP contribution is 2.40. The van der Waals surface area contributed by atoms with Crippen LogP contribution in [0.3, 0.4) is 0 Å². The van der Waals surface area contributed by atoms with E-state index in [9.17, 15) is 9.18 Å². The molecule has 0 aromatic heterocycles. The van der Waals surface area contributed by atoms with Crippen LogP contribution in [-0.4, -0.2) is 35.8 Å². The molecule has 0 saturated carbocycles. The summed E-state index contributed by atoms with van der Waals surface area (Å²) < 4.78 is 24.9. The van der Waals surface area contributed by atoms with Crippen LogP contribution in [0.15, 0.2) is 24.3 Å². The summed E-state index contributed by atoms with van der Waals surface area (Å²) in [6.07, 6.45) is 4.20. The zero-order valence-electron chi connectivity index (χ0n) is 14.6. The largest absolute Gasteiger partial charge is 0.497 e. The van der Waals surface area contributed by atoms with Crippen LogP contribution in [0.2, 0.25) is 0 Å². The molecule has 1 aromatic rings. The summed E-state index contributed by atoms with van der Waals surface area (Å²) in [5.74, 6) is 0.219. The van der Waals surface area contributed by atoms with Gasteiger partial charge in [-0.15, -0.1) is 0 Å². The molecule has 0 aliphatic carbocycles. The molecule has 1 fully saturated rings. The molecule has 3 rings (SSSR count). The SMILES string of the molecule is COc1ccc(C2=CC3CCC(C2)N3C(=O)OC(C)(C)C)c(F)c1. The van der Waals surface area contributed by atoms with Gasteiger partial charge in [0.2, 0.25) is 0 Å². The predicted octanol–water partition coefficient (Wildman–Crippen LogP) is 4.39. The Balaban J connectivity index is 1.83. The molecule has 2 unspecified atom stereocenters. The number of carbonyl (C=O) groups excluding carboxylic acids is 1. The van der Waals surface area contributed by atoms with Crippen molar-refractivity contribution < 1.29 is 18.7 Å². The van der Waals surface area contributed by atoms with E-state index in [0.29, 0.717) is 17.7 Å². The van der Waals surface area contributed by atoms with Crippen molar-refractivity contribution in [3.8, 4) is 5.75 Å². The second-order valence-corrected chi connectivity index (χ2v) is 7.43. The molecule has 4 nitrogen and oxygen atoms in total. The molecule has 5 heteroatoms. The van der Waals surface area contributed by atoms with E-state index in [-0.39, 0.29) is 24.0 Å². The Bertz CT molecular complexity index is 678. The molecule has 0 spiro atoms. The number of nitrogens with zero attached hydrogens (tertiary/aromatic N) is 1. The number of hydrogen-bond acceptors (Lipinski definition) is 3. The lowest BCUT2D eigenvalue weighted by Gasteiger charge is -2.35. The van der Waals surface area contributed by atoms with Crippen molar-refractivity contribution in [3.05, 3.63) is 35.7 Å². The van der Waals surface area contributed by atoms with Crippen LogP contribution in [0, 0.1) is 5.82 Å². The van der Waals surface area contributed by atoms with E-state index >= 15 is 0 Å². The maximum atomic E-state index is 14.3. The van der Waals surface area contributed by atoms with E-state index in [1.807, 2.05) is 31.7 Å². The molecule has 2 heterocycles. The fourth-order valence-corrected chi connectivity index (χ4v) is 3.51. The molecule has 2 bridgehead atoms. The molecule has 130 valence electrons. The van der Waals surface area contributed by atoms with Gasteiger partial charge in [-0.3, -0.25) is 4.90 Å². The average Bonchev–Trinajstić information content (AvgIpc) is 2.76. The monoisotopic (exact) mass is 333 g/mol.